The van der Waals surface area contributed by atoms with Crippen LogP contribution in [-0.4, -0.2) is 40.6 Å². The summed E-state index contributed by atoms with van der Waals surface area (Å²) in [6, 6.07) is 8.09. The maximum Gasteiger partial charge on any atom is 0.257 e. The number of piperidine rings is 1. The summed E-state index contributed by atoms with van der Waals surface area (Å²) in [6.07, 6.45) is 4.80. The fourth-order valence-electron chi connectivity index (χ4n) is 3.26. The van der Waals surface area contributed by atoms with Gasteiger partial charge in [-0.3, -0.25) is 15.0 Å². The van der Waals surface area contributed by atoms with Gasteiger partial charge in [-0.1, -0.05) is 12.0 Å². The number of hydrogen-bond donors (Lipinski definition) is 3. The number of hydrogen-bond acceptors (Lipinski definition) is 4. The Hall–Kier alpha value is -3.66. The van der Waals surface area contributed by atoms with Gasteiger partial charge in [-0.15, -0.1) is 5.92 Å². The first-order valence-corrected chi connectivity index (χ1v) is 9.47. The Morgan fingerprint density at radius 1 is 1.14 bits per heavy atom. The smallest absolute Gasteiger partial charge is 0.257 e. The number of rotatable bonds is 4. The zero-order chi connectivity index (χ0) is 20.8. The lowest BCUT2D eigenvalue weighted by Gasteiger charge is -2.29. The lowest BCUT2D eigenvalue weighted by atomic mass is 10.0. The van der Waals surface area contributed by atoms with Gasteiger partial charge in [0.25, 0.3) is 5.91 Å². The van der Waals surface area contributed by atoms with E-state index in [1.807, 2.05) is 4.90 Å². The van der Waals surface area contributed by atoms with Crippen LogP contribution < -0.4 is 11.1 Å². The number of benzene rings is 1. The molecule has 3 rings (SSSR count). The van der Waals surface area contributed by atoms with E-state index in [-0.39, 0.29) is 11.1 Å². The van der Waals surface area contributed by atoms with Crippen LogP contribution in [0.5, 0.6) is 0 Å². The fraction of sp³-hybridized carbons (Fsp3) is 0.273. The number of pyridine rings is 1. The highest BCUT2D eigenvalue weighted by Gasteiger charge is 2.20. The van der Waals surface area contributed by atoms with Crippen molar-refractivity contribution >= 4 is 23.5 Å². The summed E-state index contributed by atoms with van der Waals surface area (Å²) >= 11 is 0. The van der Waals surface area contributed by atoms with E-state index in [4.69, 9.17) is 11.1 Å². The van der Waals surface area contributed by atoms with Crippen LogP contribution in [0.4, 0.5) is 5.82 Å². The van der Waals surface area contributed by atoms with E-state index < -0.39 is 11.8 Å². The molecule has 0 aliphatic carbocycles. The molecule has 7 heteroatoms. The van der Waals surface area contributed by atoms with E-state index in [0.29, 0.717) is 17.2 Å². The Labute approximate surface area is 169 Å². The number of amidine groups is 1. The molecule has 0 atom stereocenters. The average molecular weight is 389 g/mol. The van der Waals surface area contributed by atoms with Crippen molar-refractivity contribution in [1.82, 2.24) is 9.88 Å². The topological polar surface area (TPSA) is 112 Å². The molecule has 0 spiro atoms. The van der Waals surface area contributed by atoms with Gasteiger partial charge < -0.3 is 16.0 Å². The van der Waals surface area contributed by atoms with Crippen molar-refractivity contribution < 1.29 is 9.59 Å². The van der Waals surface area contributed by atoms with Crippen molar-refractivity contribution in [3.05, 3.63) is 58.8 Å². The lowest BCUT2D eigenvalue weighted by Crippen LogP contribution is -2.36. The third-order valence-corrected chi connectivity index (χ3v) is 4.75. The molecule has 1 fully saturated rings. The average Bonchev–Trinajstić information content (AvgIpc) is 2.75. The summed E-state index contributed by atoms with van der Waals surface area (Å²) in [5, 5.41) is 11.2. The second-order valence-corrected chi connectivity index (χ2v) is 6.78. The van der Waals surface area contributed by atoms with Crippen molar-refractivity contribution in [2.24, 2.45) is 5.73 Å². The Morgan fingerprint density at radius 2 is 1.90 bits per heavy atom. The summed E-state index contributed by atoms with van der Waals surface area (Å²) in [5.74, 6) is 5.13. The number of anilines is 1. The third kappa shape index (κ3) is 4.79. The molecule has 148 valence electrons. The van der Waals surface area contributed by atoms with Crippen LogP contribution in [0.1, 0.15) is 58.0 Å². The molecular formula is C22H23N5O2. The first-order valence-electron chi connectivity index (χ1n) is 9.47. The lowest BCUT2D eigenvalue weighted by molar-refractivity contribution is 0.0977. The van der Waals surface area contributed by atoms with E-state index in [1.165, 1.54) is 6.07 Å². The Morgan fingerprint density at radius 3 is 2.52 bits per heavy atom. The van der Waals surface area contributed by atoms with Gasteiger partial charge in [0, 0.05) is 30.4 Å². The Balaban J connectivity index is 1.86. The number of aromatic nitrogens is 1. The zero-order valence-corrected chi connectivity index (χ0v) is 16.3. The maximum atomic E-state index is 12.8. The van der Waals surface area contributed by atoms with Crippen molar-refractivity contribution in [3.8, 4) is 11.8 Å². The summed E-state index contributed by atoms with van der Waals surface area (Å²) < 4.78 is 0. The van der Waals surface area contributed by atoms with Crippen LogP contribution in [0, 0.1) is 17.3 Å². The molecule has 2 heterocycles. The van der Waals surface area contributed by atoms with Gasteiger partial charge in [0.1, 0.15) is 11.7 Å². The molecule has 0 bridgehead atoms. The molecule has 1 aliphatic rings. The van der Waals surface area contributed by atoms with E-state index >= 15 is 0 Å². The van der Waals surface area contributed by atoms with Gasteiger partial charge in [0.2, 0.25) is 5.91 Å². The molecule has 0 radical (unpaired) electrons. The standard InChI is InChI=1S/C22H23N5O2/c1-2-6-15-7-10-19(25-14-15)26-22(29)18-13-16(8-9-17(18)21(24)28)20(23)27-11-4-3-5-12-27/h7-10,13-14,23H,3-5,11-12H2,1H3,(H2,24,28)(H,25,26,29). The van der Waals surface area contributed by atoms with Crippen LogP contribution in [0.3, 0.4) is 0 Å². The van der Waals surface area contributed by atoms with Crippen LogP contribution in [-0.2, 0) is 0 Å². The highest BCUT2D eigenvalue weighted by molar-refractivity contribution is 6.13. The first-order chi connectivity index (χ1) is 14.0. The van der Waals surface area contributed by atoms with E-state index in [2.05, 4.69) is 22.1 Å². The van der Waals surface area contributed by atoms with E-state index in [9.17, 15) is 9.59 Å². The quantitative estimate of drug-likeness (QED) is 0.424. The molecule has 4 N–H and O–H groups in total. The summed E-state index contributed by atoms with van der Waals surface area (Å²) in [7, 11) is 0. The monoisotopic (exact) mass is 389 g/mol. The Kier molecular flexibility index (Phi) is 6.25. The van der Waals surface area contributed by atoms with E-state index in [0.717, 1.165) is 37.9 Å². The van der Waals surface area contributed by atoms with Crippen LogP contribution >= 0.6 is 0 Å². The van der Waals surface area contributed by atoms with Crippen molar-refractivity contribution in [3.63, 3.8) is 0 Å². The highest BCUT2D eigenvalue weighted by Crippen LogP contribution is 2.18. The highest BCUT2D eigenvalue weighted by atomic mass is 16.2. The van der Waals surface area contributed by atoms with Gasteiger partial charge in [-0.05, 0) is 50.5 Å². The summed E-state index contributed by atoms with van der Waals surface area (Å²) in [4.78, 5) is 30.8. The minimum Gasteiger partial charge on any atom is -0.366 e. The normalized spacial score (nSPS) is 13.2. The predicted molar refractivity (Wildman–Crippen MR) is 112 cm³/mol. The minimum absolute atomic E-state index is 0.103. The van der Waals surface area contributed by atoms with Crippen LogP contribution in [0.15, 0.2) is 36.5 Å². The molecule has 7 nitrogen and oxygen atoms in total. The second kappa shape index (κ2) is 9.02. The van der Waals surface area contributed by atoms with Gasteiger partial charge in [-0.2, -0.15) is 0 Å². The summed E-state index contributed by atoms with van der Waals surface area (Å²) in [6.45, 7) is 3.36. The molecule has 0 unspecified atom stereocenters. The van der Waals surface area contributed by atoms with Crippen molar-refractivity contribution in [2.75, 3.05) is 18.4 Å². The maximum absolute atomic E-state index is 12.8. The number of nitrogens with zero attached hydrogens (tertiary/aromatic N) is 2. The molecule has 0 saturated carbocycles. The second-order valence-electron chi connectivity index (χ2n) is 6.78. The fourth-order valence-corrected chi connectivity index (χ4v) is 3.26. The number of carbonyl (C=O) groups is 2. The molecule has 1 aromatic heterocycles. The van der Waals surface area contributed by atoms with E-state index in [1.54, 1.807) is 37.4 Å². The number of amides is 2. The zero-order valence-electron chi connectivity index (χ0n) is 16.3. The number of carbonyl (C=O) groups excluding carboxylic acids is 2. The number of nitrogens with one attached hydrogen (secondary N) is 2. The van der Waals surface area contributed by atoms with Crippen molar-refractivity contribution in [1.29, 1.82) is 5.41 Å². The van der Waals surface area contributed by atoms with Gasteiger partial charge in [0.05, 0.1) is 11.1 Å². The van der Waals surface area contributed by atoms with Crippen LogP contribution in [0.25, 0.3) is 0 Å². The first kappa shape index (κ1) is 20.1. The predicted octanol–water partition coefficient (Wildman–Crippen LogP) is 2.62. The molecule has 29 heavy (non-hydrogen) atoms. The minimum atomic E-state index is -0.701. The number of likely N-dealkylation sites (tertiary alicyclic amines) is 1. The SMILES string of the molecule is CC#Cc1ccc(NC(=O)c2cc(C(=N)N3CCCCC3)ccc2C(N)=O)nc1. The molecule has 1 aromatic carbocycles. The van der Waals surface area contributed by atoms with Gasteiger partial charge >= 0.3 is 0 Å². The molecule has 1 aliphatic heterocycles. The largest absolute Gasteiger partial charge is 0.366 e. The number of nitrogens with two attached hydrogens (primary N) is 1. The van der Waals surface area contributed by atoms with Gasteiger partial charge in [-0.25, -0.2) is 4.98 Å². The molecule has 1 saturated heterocycles. The molecular weight excluding hydrogens is 366 g/mol. The van der Waals surface area contributed by atoms with Gasteiger partial charge in [0.15, 0.2) is 0 Å². The third-order valence-electron chi connectivity index (χ3n) is 4.75. The van der Waals surface area contributed by atoms with Crippen molar-refractivity contribution in [2.45, 2.75) is 26.2 Å². The molecule has 2 aromatic rings. The summed E-state index contributed by atoms with van der Waals surface area (Å²) in [5.41, 5.74) is 6.99. The Bertz CT molecular complexity index is 996. The number of primary amides is 1. The van der Waals surface area contributed by atoms with Crippen LogP contribution in [0.2, 0.25) is 0 Å². The molecule has 2 amide bonds.